The minimum absolute atomic E-state index is 0.104. The molecule has 0 amide bonds. The lowest BCUT2D eigenvalue weighted by Crippen LogP contribution is -2.39. The van der Waals surface area contributed by atoms with Crippen LogP contribution in [0.25, 0.3) is 0 Å². The molecule has 0 spiro atoms. The van der Waals surface area contributed by atoms with Gasteiger partial charge in [-0.1, -0.05) is 6.92 Å². The first-order valence-corrected chi connectivity index (χ1v) is 8.42. The van der Waals surface area contributed by atoms with Crippen LogP contribution in [0.5, 0.6) is 0 Å². The maximum Gasteiger partial charge on any atom is 0.211 e. The molecule has 0 saturated carbocycles. The topological polar surface area (TPSA) is 67.4 Å². The highest BCUT2D eigenvalue weighted by molar-refractivity contribution is 7.89. The van der Waals surface area contributed by atoms with E-state index in [-0.39, 0.29) is 11.8 Å². The van der Waals surface area contributed by atoms with Crippen LogP contribution in [-0.4, -0.2) is 47.0 Å². The fourth-order valence-electron chi connectivity index (χ4n) is 2.24. The lowest BCUT2D eigenvalue weighted by Gasteiger charge is -2.23. The Morgan fingerprint density at radius 1 is 1.39 bits per heavy atom. The molecule has 1 saturated heterocycles. The van der Waals surface area contributed by atoms with Crippen molar-refractivity contribution in [3.8, 4) is 0 Å². The fourth-order valence-corrected chi connectivity index (χ4v) is 3.75. The zero-order chi connectivity index (χ0) is 13.4. The predicted octanol–water partition coefficient (Wildman–Crippen LogP) is 0.721. The zero-order valence-electron chi connectivity index (χ0n) is 11.4. The quantitative estimate of drug-likeness (QED) is 0.686. The minimum Gasteiger partial charge on any atom is -0.383 e. The van der Waals surface area contributed by atoms with E-state index in [2.05, 4.69) is 10.0 Å². The molecule has 0 aromatic rings. The van der Waals surface area contributed by atoms with Gasteiger partial charge in [0.15, 0.2) is 0 Å². The SMILES string of the molecule is CCC(COC)NS(=O)(=O)CCC1CCNCC1. The Morgan fingerprint density at radius 2 is 2.06 bits per heavy atom. The molecular formula is C12H26N2O3S. The molecule has 0 aromatic carbocycles. The third kappa shape index (κ3) is 6.13. The Kier molecular flexibility index (Phi) is 7.14. The van der Waals surface area contributed by atoms with Crippen molar-refractivity contribution in [1.82, 2.24) is 10.0 Å². The molecule has 108 valence electrons. The first-order valence-electron chi connectivity index (χ1n) is 6.77. The molecule has 0 aromatic heterocycles. The number of hydrogen-bond acceptors (Lipinski definition) is 4. The monoisotopic (exact) mass is 278 g/mol. The molecule has 2 N–H and O–H groups in total. The molecule has 1 aliphatic rings. The molecule has 5 nitrogen and oxygen atoms in total. The second kappa shape index (κ2) is 8.09. The van der Waals surface area contributed by atoms with Gasteiger partial charge in [-0.25, -0.2) is 13.1 Å². The van der Waals surface area contributed by atoms with Gasteiger partial charge in [0.25, 0.3) is 0 Å². The average Bonchev–Trinajstić information content (AvgIpc) is 2.37. The van der Waals surface area contributed by atoms with E-state index in [4.69, 9.17) is 4.74 Å². The van der Waals surface area contributed by atoms with E-state index < -0.39 is 10.0 Å². The molecule has 0 aliphatic carbocycles. The molecule has 0 radical (unpaired) electrons. The normalized spacial score (nSPS) is 19.9. The van der Waals surface area contributed by atoms with E-state index in [9.17, 15) is 8.42 Å². The van der Waals surface area contributed by atoms with Gasteiger partial charge in [-0.2, -0.15) is 0 Å². The highest BCUT2D eigenvalue weighted by Gasteiger charge is 2.20. The van der Waals surface area contributed by atoms with Crippen LogP contribution in [0.2, 0.25) is 0 Å². The smallest absolute Gasteiger partial charge is 0.211 e. The van der Waals surface area contributed by atoms with Gasteiger partial charge >= 0.3 is 0 Å². The molecule has 18 heavy (non-hydrogen) atoms. The Labute approximate surface area is 111 Å². The Balaban J connectivity index is 2.33. The van der Waals surface area contributed by atoms with Crippen molar-refractivity contribution in [1.29, 1.82) is 0 Å². The first-order chi connectivity index (χ1) is 8.57. The maximum atomic E-state index is 11.9. The van der Waals surface area contributed by atoms with Crippen LogP contribution in [0, 0.1) is 5.92 Å². The minimum atomic E-state index is -3.16. The third-order valence-corrected chi connectivity index (χ3v) is 4.93. The maximum absolute atomic E-state index is 11.9. The Morgan fingerprint density at radius 3 is 2.61 bits per heavy atom. The zero-order valence-corrected chi connectivity index (χ0v) is 12.3. The van der Waals surface area contributed by atoms with Crippen molar-refractivity contribution in [3.05, 3.63) is 0 Å². The standard InChI is InChI=1S/C12H26N2O3S/c1-3-12(10-17-2)14-18(15,16)9-6-11-4-7-13-8-5-11/h11-14H,3-10H2,1-2H3. The van der Waals surface area contributed by atoms with Crippen molar-refractivity contribution < 1.29 is 13.2 Å². The summed E-state index contributed by atoms with van der Waals surface area (Å²) in [4.78, 5) is 0. The van der Waals surface area contributed by atoms with Crippen molar-refractivity contribution in [2.24, 2.45) is 5.92 Å². The van der Waals surface area contributed by atoms with Gasteiger partial charge in [0, 0.05) is 13.2 Å². The van der Waals surface area contributed by atoms with E-state index in [1.54, 1.807) is 7.11 Å². The molecule has 1 unspecified atom stereocenters. The van der Waals surface area contributed by atoms with E-state index in [0.29, 0.717) is 12.5 Å². The number of ether oxygens (including phenoxy) is 1. The van der Waals surface area contributed by atoms with Crippen LogP contribution >= 0.6 is 0 Å². The van der Waals surface area contributed by atoms with Gasteiger partial charge in [-0.3, -0.25) is 0 Å². The molecule has 6 heteroatoms. The van der Waals surface area contributed by atoms with Gasteiger partial charge in [-0.05, 0) is 44.7 Å². The van der Waals surface area contributed by atoms with E-state index in [0.717, 1.165) is 38.8 Å². The summed E-state index contributed by atoms with van der Waals surface area (Å²) in [5.74, 6) is 0.781. The molecular weight excluding hydrogens is 252 g/mol. The number of methoxy groups -OCH3 is 1. The van der Waals surface area contributed by atoms with Gasteiger partial charge in [-0.15, -0.1) is 0 Å². The Bertz CT molecular complexity index is 313. The van der Waals surface area contributed by atoms with Gasteiger partial charge in [0.2, 0.25) is 10.0 Å². The lowest BCUT2D eigenvalue weighted by molar-refractivity contribution is 0.173. The van der Waals surface area contributed by atoms with Gasteiger partial charge in [0.1, 0.15) is 0 Å². The largest absolute Gasteiger partial charge is 0.383 e. The second-order valence-electron chi connectivity index (χ2n) is 4.98. The summed E-state index contributed by atoms with van der Waals surface area (Å²) in [6.07, 6.45) is 3.69. The van der Waals surface area contributed by atoms with Gasteiger partial charge in [0.05, 0.1) is 12.4 Å². The molecule has 0 bridgehead atoms. The molecule has 1 aliphatic heterocycles. The molecule has 1 heterocycles. The van der Waals surface area contributed by atoms with E-state index in [1.165, 1.54) is 0 Å². The number of hydrogen-bond donors (Lipinski definition) is 2. The molecule has 1 atom stereocenters. The number of nitrogens with one attached hydrogen (secondary N) is 2. The number of piperidine rings is 1. The van der Waals surface area contributed by atoms with Crippen molar-refractivity contribution in [2.75, 3.05) is 32.6 Å². The van der Waals surface area contributed by atoms with Crippen LogP contribution in [-0.2, 0) is 14.8 Å². The summed E-state index contributed by atoms with van der Waals surface area (Å²) < 4.78 is 31.6. The second-order valence-corrected chi connectivity index (χ2v) is 6.85. The van der Waals surface area contributed by atoms with Crippen LogP contribution in [0.1, 0.15) is 32.6 Å². The summed E-state index contributed by atoms with van der Waals surface area (Å²) in [6, 6.07) is -0.104. The van der Waals surface area contributed by atoms with E-state index in [1.807, 2.05) is 6.92 Å². The molecule has 1 rings (SSSR count). The lowest BCUT2D eigenvalue weighted by atomic mass is 9.96. The van der Waals surface area contributed by atoms with Crippen LogP contribution in [0.3, 0.4) is 0 Å². The number of sulfonamides is 1. The fraction of sp³-hybridized carbons (Fsp3) is 1.00. The summed E-state index contributed by atoms with van der Waals surface area (Å²) in [5, 5.41) is 3.29. The van der Waals surface area contributed by atoms with E-state index >= 15 is 0 Å². The first kappa shape index (κ1) is 15.9. The summed E-state index contributed by atoms with van der Waals surface area (Å²) in [7, 11) is -1.58. The van der Waals surface area contributed by atoms with Gasteiger partial charge < -0.3 is 10.1 Å². The average molecular weight is 278 g/mol. The van der Waals surface area contributed by atoms with Crippen LogP contribution in [0.15, 0.2) is 0 Å². The Hall–Kier alpha value is -0.170. The summed E-state index contributed by atoms with van der Waals surface area (Å²) in [5.41, 5.74) is 0. The highest BCUT2D eigenvalue weighted by Crippen LogP contribution is 2.16. The predicted molar refractivity (Wildman–Crippen MR) is 73.1 cm³/mol. The van der Waals surface area contributed by atoms with Crippen molar-refractivity contribution in [3.63, 3.8) is 0 Å². The molecule has 1 fully saturated rings. The van der Waals surface area contributed by atoms with Crippen molar-refractivity contribution in [2.45, 2.75) is 38.6 Å². The summed E-state index contributed by atoms with van der Waals surface area (Å²) in [6.45, 7) is 4.42. The summed E-state index contributed by atoms with van der Waals surface area (Å²) >= 11 is 0. The highest BCUT2D eigenvalue weighted by atomic mass is 32.2. The third-order valence-electron chi connectivity index (χ3n) is 3.46. The number of rotatable bonds is 8. The van der Waals surface area contributed by atoms with Crippen LogP contribution in [0.4, 0.5) is 0 Å². The van der Waals surface area contributed by atoms with Crippen molar-refractivity contribution >= 4 is 10.0 Å². The van der Waals surface area contributed by atoms with Crippen LogP contribution < -0.4 is 10.0 Å².